The largest absolute Gasteiger partial charge is 0.378 e. The second kappa shape index (κ2) is 5.83. The lowest BCUT2D eigenvalue weighted by atomic mass is 10.4. The van der Waals surface area contributed by atoms with Gasteiger partial charge in [0.25, 0.3) is 0 Å². The van der Waals surface area contributed by atoms with Crippen LogP contribution < -0.4 is 16.2 Å². The SMILES string of the molecule is CCn1c(=O)c2c(no[n+]2[O-])n(CC(=O)N2CCOCC2)c1=O. The Kier molecular flexibility index (Phi) is 3.86. The van der Waals surface area contributed by atoms with E-state index in [1.165, 1.54) is 0 Å². The molecule has 0 aliphatic carbocycles. The van der Waals surface area contributed by atoms with Gasteiger partial charge >= 0.3 is 22.4 Å². The van der Waals surface area contributed by atoms with Crippen molar-refractivity contribution in [1.29, 1.82) is 0 Å². The number of carbonyl (C=O) groups is 1. The van der Waals surface area contributed by atoms with Crippen molar-refractivity contribution >= 4 is 17.1 Å². The number of fused-ring (bicyclic) bond motifs is 1. The van der Waals surface area contributed by atoms with Crippen LogP contribution in [0.4, 0.5) is 0 Å². The fourth-order valence-corrected chi connectivity index (χ4v) is 2.51. The molecular weight excluding hydrogens is 310 g/mol. The van der Waals surface area contributed by atoms with Crippen LogP contribution in [-0.2, 0) is 22.6 Å². The summed E-state index contributed by atoms with van der Waals surface area (Å²) in [4.78, 5) is 38.3. The maximum Gasteiger partial charge on any atom is 0.335 e. The van der Waals surface area contributed by atoms with Gasteiger partial charge in [-0.15, -0.1) is 0 Å². The van der Waals surface area contributed by atoms with E-state index in [4.69, 9.17) is 4.74 Å². The van der Waals surface area contributed by atoms with Gasteiger partial charge in [-0.3, -0.25) is 18.8 Å². The van der Waals surface area contributed by atoms with Crippen molar-refractivity contribution in [2.24, 2.45) is 0 Å². The molecule has 23 heavy (non-hydrogen) atoms. The summed E-state index contributed by atoms with van der Waals surface area (Å²) in [6.07, 6.45) is 0. The van der Waals surface area contributed by atoms with E-state index in [1.54, 1.807) is 11.8 Å². The number of amides is 1. The van der Waals surface area contributed by atoms with E-state index in [-0.39, 0.29) is 29.5 Å². The van der Waals surface area contributed by atoms with Crippen LogP contribution in [0.3, 0.4) is 0 Å². The molecule has 3 rings (SSSR count). The van der Waals surface area contributed by atoms with Crippen LogP contribution in [0, 0.1) is 5.21 Å². The highest BCUT2D eigenvalue weighted by molar-refractivity contribution is 5.77. The van der Waals surface area contributed by atoms with E-state index in [2.05, 4.69) is 9.79 Å². The maximum absolute atomic E-state index is 12.4. The predicted molar refractivity (Wildman–Crippen MR) is 74.6 cm³/mol. The number of ether oxygens (including phenoxy) is 1. The van der Waals surface area contributed by atoms with Gasteiger partial charge < -0.3 is 14.8 Å². The summed E-state index contributed by atoms with van der Waals surface area (Å²) in [7, 11) is 0. The van der Waals surface area contributed by atoms with Crippen molar-refractivity contribution in [2.75, 3.05) is 26.3 Å². The summed E-state index contributed by atoms with van der Waals surface area (Å²) < 4.78 is 11.4. The topological polar surface area (TPSA) is 127 Å². The fraction of sp³-hybridized carbons (Fsp3) is 0.583. The summed E-state index contributed by atoms with van der Waals surface area (Å²) in [5, 5.41) is 15.0. The summed E-state index contributed by atoms with van der Waals surface area (Å²) in [6.45, 7) is 3.01. The van der Waals surface area contributed by atoms with E-state index in [0.717, 1.165) is 9.13 Å². The minimum atomic E-state index is -0.793. The molecule has 11 heteroatoms. The first-order valence-corrected chi connectivity index (χ1v) is 7.13. The highest BCUT2D eigenvalue weighted by Crippen LogP contribution is 2.03. The Bertz CT molecular complexity index is 859. The minimum Gasteiger partial charge on any atom is -0.378 e. The van der Waals surface area contributed by atoms with Gasteiger partial charge in [-0.1, -0.05) is 0 Å². The van der Waals surface area contributed by atoms with Crippen molar-refractivity contribution in [3.8, 4) is 0 Å². The highest BCUT2D eigenvalue weighted by Gasteiger charge is 2.26. The molecule has 2 aromatic heterocycles. The molecule has 2 aromatic rings. The van der Waals surface area contributed by atoms with Crippen LogP contribution in [0.2, 0.25) is 0 Å². The van der Waals surface area contributed by atoms with Gasteiger partial charge in [0.15, 0.2) is 0 Å². The van der Waals surface area contributed by atoms with Crippen LogP contribution in [0.1, 0.15) is 6.92 Å². The number of nitrogens with zero attached hydrogens (tertiary/aromatic N) is 5. The molecule has 1 amide bonds. The third-order valence-corrected chi connectivity index (χ3v) is 3.73. The number of aromatic nitrogens is 4. The van der Waals surface area contributed by atoms with Gasteiger partial charge in [0.1, 0.15) is 6.54 Å². The molecule has 0 N–H and O–H groups in total. The van der Waals surface area contributed by atoms with E-state index < -0.39 is 16.8 Å². The smallest absolute Gasteiger partial charge is 0.335 e. The Morgan fingerprint density at radius 3 is 2.65 bits per heavy atom. The molecule has 1 fully saturated rings. The average molecular weight is 325 g/mol. The molecule has 0 spiro atoms. The van der Waals surface area contributed by atoms with Crippen LogP contribution in [-0.4, -0.2) is 51.4 Å². The quantitative estimate of drug-likeness (QED) is 0.579. The lowest BCUT2D eigenvalue weighted by molar-refractivity contribution is -0.782. The van der Waals surface area contributed by atoms with E-state index in [9.17, 15) is 19.6 Å². The average Bonchev–Trinajstić information content (AvgIpc) is 2.94. The van der Waals surface area contributed by atoms with Crippen molar-refractivity contribution < 1.29 is 19.1 Å². The molecule has 0 saturated carbocycles. The molecular formula is C12H15N5O6. The number of carbonyl (C=O) groups excluding carboxylic acids is 1. The highest BCUT2D eigenvalue weighted by atomic mass is 16.8. The first-order chi connectivity index (χ1) is 11.0. The summed E-state index contributed by atoms with van der Waals surface area (Å²) >= 11 is 0. The summed E-state index contributed by atoms with van der Waals surface area (Å²) in [6, 6.07) is 0. The zero-order valence-electron chi connectivity index (χ0n) is 12.4. The monoisotopic (exact) mass is 325 g/mol. The lowest BCUT2D eigenvalue weighted by Gasteiger charge is -2.26. The number of morpholine rings is 1. The van der Waals surface area contributed by atoms with E-state index in [1.807, 2.05) is 0 Å². The minimum absolute atomic E-state index is 0.0566. The Balaban J connectivity index is 2.08. The van der Waals surface area contributed by atoms with Gasteiger partial charge in [-0.25, -0.2) is 9.36 Å². The molecule has 0 radical (unpaired) electrons. The Hall–Kier alpha value is -2.69. The van der Waals surface area contributed by atoms with E-state index >= 15 is 0 Å². The first-order valence-electron chi connectivity index (χ1n) is 7.13. The van der Waals surface area contributed by atoms with Gasteiger partial charge in [-0.2, -0.15) is 0 Å². The number of rotatable bonds is 3. The van der Waals surface area contributed by atoms with E-state index in [0.29, 0.717) is 26.3 Å². The third kappa shape index (κ3) is 2.48. The third-order valence-electron chi connectivity index (χ3n) is 3.73. The standard InChI is InChI=1S/C12H15N5O6/c1-2-15-11(19)9-10(13-23-17(9)21)16(12(15)20)7-8(18)14-3-5-22-6-4-14/h2-7H2,1H3. The Morgan fingerprint density at radius 2 is 2.00 bits per heavy atom. The summed E-state index contributed by atoms with van der Waals surface area (Å²) in [5.41, 5.74) is -2.14. The second-order valence-corrected chi connectivity index (χ2v) is 5.01. The van der Waals surface area contributed by atoms with Crippen molar-refractivity contribution in [3.05, 3.63) is 26.0 Å². The molecule has 0 atom stereocenters. The maximum atomic E-state index is 12.4. The Morgan fingerprint density at radius 1 is 1.30 bits per heavy atom. The first kappa shape index (κ1) is 15.2. The van der Waals surface area contributed by atoms with Crippen LogP contribution in [0.15, 0.2) is 14.2 Å². The summed E-state index contributed by atoms with van der Waals surface area (Å²) in [5.74, 6) is -0.321. The van der Waals surface area contributed by atoms with Gasteiger partial charge in [0, 0.05) is 19.6 Å². The van der Waals surface area contributed by atoms with Crippen molar-refractivity contribution in [3.63, 3.8) is 0 Å². The van der Waals surface area contributed by atoms with Crippen LogP contribution >= 0.6 is 0 Å². The van der Waals surface area contributed by atoms with Crippen LogP contribution in [0.5, 0.6) is 0 Å². The van der Waals surface area contributed by atoms with Gasteiger partial charge in [0.05, 0.1) is 18.4 Å². The predicted octanol–water partition coefficient (Wildman–Crippen LogP) is -2.34. The number of hydrogen-bond acceptors (Lipinski definition) is 7. The zero-order chi connectivity index (χ0) is 16.6. The fourth-order valence-electron chi connectivity index (χ4n) is 2.51. The molecule has 0 bridgehead atoms. The lowest BCUT2D eigenvalue weighted by Crippen LogP contribution is -2.47. The van der Waals surface area contributed by atoms with Gasteiger partial charge in [0.2, 0.25) is 5.91 Å². The number of hydrogen-bond donors (Lipinski definition) is 0. The molecule has 11 nitrogen and oxygen atoms in total. The van der Waals surface area contributed by atoms with Crippen molar-refractivity contribution in [1.82, 2.24) is 19.2 Å². The molecule has 124 valence electrons. The molecule has 3 heterocycles. The molecule has 1 saturated heterocycles. The molecule has 1 aliphatic heterocycles. The van der Waals surface area contributed by atoms with Crippen LogP contribution in [0.25, 0.3) is 11.2 Å². The molecule has 1 aliphatic rings. The van der Waals surface area contributed by atoms with Gasteiger partial charge in [-0.05, 0) is 11.8 Å². The normalized spacial score (nSPS) is 15.3. The molecule has 0 aromatic carbocycles. The zero-order valence-corrected chi connectivity index (χ0v) is 12.4. The van der Waals surface area contributed by atoms with Crippen molar-refractivity contribution in [2.45, 2.75) is 20.0 Å². The second-order valence-electron chi connectivity index (χ2n) is 5.01. The molecule has 0 unspecified atom stereocenters. The Labute approximate surface area is 128 Å².